The molecule has 1 amide bonds. The molecule has 0 aliphatic carbocycles. The van der Waals surface area contributed by atoms with Gasteiger partial charge in [0.25, 0.3) is 11.5 Å². The SMILES string of the molecule is CC(C)OCCCNC(=O)c1cnc2sccn2c1=O. The molecule has 20 heavy (non-hydrogen) atoms. The number of fused-ring (bicyclic) bond motifs is 1. The van der Waals surface area contributed by atoms with Crippen LogP contribution >= 0.6 is 11.3 Å². The number of amides is 1. The molecule has 108 valence electrons. The summed E-state index contributed by atoms with van der Waals surface area (Å²) in [5, 5.41) is 4.46. The molecule has 0 radical (unpaired) electrons. The van der Waals surface area contributed by atoms with E-state index in [1.54, 1.807) is 11.6 Å². The number of rotatable bonds is 6. The first-order valence-electron chi connectivity index (χ1n) is 6.44. The van der Waals surface area contributed by atoms with E-state index in [-0.39, 0.29) is 17.2 Å². The highest BCUT2D eigenvalue weighted by Gasteiger charge is 2.13. The van der Waals surface area contributed by atoms with Gasteiger partial charge in [-0.25, -0.2) is 4.98 Å². The molecule has 0 aliphatic heterocycles. The van der Waals surface area contributed by atoms with Gasteiger partial charge in [0.2, 0.25) is 0 Å². The van der Waals surface area contributed by atoms with Crippen LogP contribution in [-0.4, -0.2) is 34.5 Å². The van der Waals surface area contributed by atoms with Crippen molar-refractivity contribution in [1.82, 2.24) is 14.7 Å². The van der Waals surface area contributed by atoms with Gasteiger partial charge in [-0.15, -0.1) is 11.3 Å². The van der Waals surface area contributed by atoms with Crippen LogP contribution < -0.4 is 10.9 Å². The third-order valence-electron chi connectivity index (χ3n) is 2.65. The van der Waals surface area contributed by atoms with Gasteiger partial charge >= 0.3 is 0 Å². The molecule has 2 heterocycles. The van der Waals surface area contributed by atoms with Crippen LogP contribution in [0.15, 0.2) is 22.6 Å². The summed E-state index contributed by atoms with van der Waals surface area (Å²) in [6, 6.07) is 0. The summed E-state index contributed by atoms with van der Waals surface area (Å²) < 4.78 is 6.75. The molecule has 0 bridgehead atoms. The topological polar surface area (TPSA) is 72.7 Å². The van der Waals surface area contributed by atoms with Crippen LogP contribution in [0.2, 0.25) is 0 Å². The first kappa shape index (κ1) is 14.7. The van der Waals surface area contributed by atoms with Gasteiger partial charge in [-0.1, -0.05) is 0 Å². The first-order chi connectivity index (χ1) is 9.59. The molecular weight excluding hydrogens is 278 g/mol. The van der Waals surface area contributed by atoms with Crippen molar-refractivity contribution in [3.8, 4) is 0 Å². The Bertz CT molecular complexity index is 648. The molecule has 2 aromatic heterocycles. The van der Waals surface area contributed by atoms with E-state index >= 15 is 0 Å². The van der Waals surface area contributed by atoms with Crippen molar-refractivity contribution in [2.45, 2.75) is 26.4 Å². The Morgan fingerprint density at radius 1 is 1.55 bits per heavy atom. The number of carbonyl (C=O) groups excluding carboxylic acids is 1. The van der Waals surface area contributed by atoms with E-state index in [0.717, 1.165) is 0 Å². The number of ether oxygens (including phenoxy) is 1. The van der Waals surface area contributed by atoms with Crippen LogP contribution in [0.5, 0.6) is 0 Å². The van der Waals surface area contributed by atoms with Crippen molar-refractivity contribution < 1.29 is 9.53 Å². The molecule has 6 nitrogen and oxygen atoms in total. The van der Waals surface area contributed by atoms with E-state index in [1.165, 1.54) is 21.9 Å². The summed E-state index contributed by atoms with van der Waals surface area (Å²) in [7, 11) is 0. The Balaban J connectivity index is 1.94. The quantitative estimate of drug-likeness (QED) is 0.815. The minimum Gasteiger partial charge on any atom is -0.379 e. The van der Waals surface area contributed by atoms with E-state index < -0.39 is 5.91 Å². The van der Waals surface area contributed by atoms with E-state index in [2.05, 4.69) is 10.3 Å². The average molecular weight is 295 g/mol. The summed E-state index contributed by atoms with van der Waals surface area (Å²) in [6.07, 6.45) is 3.83. The predicted octanol–water partition coefficient (Wildman–Crippen LogP) is 1.30. The lowest BCUT2D eigenvalue weighted by Gasteiger charge is -2.08. The highest BCUT2D eigenvalue weighted by atomic mass is 32.1. The lowest BCUT2D eigenvalue weighted by Crippen LogP contribution is -2.32. The van der Waals surface area contributed by atoms with Crippen molar-refractivity contribution >= 4 is 22.2 Å². The van der Waals surface area contributed by atoms with Crippen molar-refractivity contribution in [3.05, 3.63) is 33.7 Å². The Kier molecular flexibility index (Phi) is 4.86. The largest absolute Gasteiger partial charge is 0.379 e. The summed E-state index contributed by atoms with van der Waals surface area (Å²) in [5.74, 6) is -0.396. The fraction of sp³-hybridized carbons (Fsp3) is 0.462. The molecule has 7 heteroatoms. The molecular formula is C13H17N3O3S. The first-order valence-corrected chi connectivity index (χ1v) is 7.32. The van der Waals surface area contributed by atoms with Crippen LogP contribution in [0.25, 0.3) is 4.96 Å². The van der Waals surface area contributed by atoms with Gasteiger partial charge in [-0.3, -0.25) is 14.0 Å². The van der Waals surface area contributed by atoms with Crippen molar-refractivity contribution in [3.63, 3.8) is 0 Å². The zero-order valence-corrected chi connectivity index (χ0v) is 12.3. The van der Waals surface area contributed by atoms with Gasteiger partial charge in [0.15, 0.2) is 4.96 Å². The monoisotopic (exact) mass is 295 g/mol. The van der Waals surface area contributed by atoms with Gasteiger partial charge in [-0.05, 0) is 20.3 Å². The highest BCUT2D eigenvalue weighted by molar-refractivity contribution is 7.15. The molecule has 0 aliphatic rings. The second-order valence-corrected chi connectivity index (χ2v) is 5.43. The van der Waals surface area contributed by atoms with Crippen LogP contribution in [0.3, 0.4) is 0 Å². The Labute approximate surface area is 120 Å². The van der Waals surface area contributed by atoms with E-state index in [1.807, 2.05) is 13.8 Å². The van der Waals surface area contributed by atoms with Gasteiger partial charge in [0.05, 0.1) is 6.10 Å². The second-order valence-electron chi connectivity index (χ2n) is 4.56. The van der Waals surface area contributed by atoms with Crippen LogP contribution in [0.1, 0.15) is 30.6 Å². The van der Waals surface area contributed by atoms with Gasteiger partial charge < -0.3 is 10.1 Å². The second kappa shape index (κ2) is 6.62. The standard InChI is InChI=1S/C13H17N3O3S/c1-9(2)19-6-3-4-14-11(17)10-8-15-13-16(12(10)18)5-7-20-13/h5,7-9H,3-4,6H2,1-2H3,(H,14,17). The normalized spacial score (nSPS) is 11.2. The maximum Gasteiger partial charge on any atom is 0.271 e. The Hall–Kier alpha value is -1.73. The van der Waals surface area contributed by atoms with Crippen LogP contribution in [0.4, 0.5) is 0 Å². The zero-order chi connectivity index (χ0) is 14.5. The van der Waals surface area contributed by atoms with Crippen LogP contribution in [0, 0.1) is 0 Å². The molecule has 0 fully saturated rings. The zero-order valence-electron chi connectivity index (χ0n) is 11.5. The smallest absolute Gasteiger partial charge is 0.271 e. The van der Waals surface area contributed by atoms with Crippen molar-refractivity contribution in [1.29, 1.82) is 0 Å². The number of thiazole rings is 1. The van der Waals surface area contributed by atoms with Crippen molar-refractivity contribution in [2.75, 3.05) is 13.2 Å². The number of hydrogen-bond donors (Lipinski definition) is 1. The summed E-state index contributed by atoms with van der Waals surface area (Å²) >= 11 is 1.35. The predicted molar refractivity (Wildman–Crippen MR) is 77.4 cm³/mol. The van der Waals surface area contributed by atoms with E-state index in [9.17, 15) is 9.59 Å². The number of carbonyl (C=O) groups is 1. The minimum atomic E-state index is -0.396. The molecule has 2 rings (SSSR count). The van der Waals surface area contributed by atoms with Gasteiger partial charge in [0, 0.05) is 30.9 Å². The fourth-order valence-electron chi connectivity index (χ4n) is 1.67. The fourth-order valence-corrected chi connectivity index (χ4v) is 2.34. The van der Waals surface area contributed by atoms with Gasteiger partial charge in [0.1, 0.15) is 5.56 Å². The summed E-state index contributed by atoms with van der Waals surface area (Å²) in [6.45, 7) is 4.97. The Morgan fingerprint density at radius 2 is 2.35 bits per heavy atom. The highest BCUT2D eigenvalue weighted by Crippen LogP contribution is 2.05. The third-order valence-corrected chi connectivity index (χ3v) is 3.42. The Morgan fingerprint density at radius 3 is 3.10 bits per heavy atom. The maximum absolute atomic E-state index is 12.1. The van der Waals surface area contributed by atoms with E-state index in [4.69, 9.17) is 4.74 Å². The molecule has 2 aromatic rings. The molecule has 0 atom stereocenters. The van der Waals surface area contributed by atoms with Gasteiger partial charge in [-0.2, -0.15) is 0 Å². The average Bonchev–Trinajstić information content (AvgIpc) is 2.87. The maximum atomic E-state index is 12.1. The molecule has 0 unspecified atom stereocenters. The lowest BCUT2D eigenvalue weighted by molar-refractivity contribution is 0.0757. The van der Waals surface area contributed by atoms with Crippen molar-refractivity contribution in [2.24, 2.45) is 0 Å². The number of nitrogens with one attached hydrogen (secondary N) is 1. The number of aromatic nitrogens is 2. The molecule has 0 saturated heterocycles. The molecule has 0 aromatic carbocycles. The molecule has 0 spiro atoms. The van der Waals surface area contributed by atoms with E-state index in [0.29, 0.717) is 24.5 Å². The summed E-state index contributed by atoms with van der Waals surface area (Å²) in [5.41, 5.74) is -0.280. The summed E-state index contributed by atoms with van der Waals surface area (Å²) in [4.78, 5) is 28.6. The molecule has 0 saturated carbocycles. The number of hydrogen-bond acceptors (Lipinski definition) is 5. The van der Waals surface area contributed by atoms with Crippen LogP contribution in [-0.2, 0) is 4.74 Å². The number of nitrogens with zero attached hydrogens (tertiary/aromatic N) is 2. The minimum absolute atomic E-state index is 0.0608. The third kappa shape index (κ3) is 3.43. The molecule has 1 N–H and O–H groups in total. The lowest BCUT2D eigenvalue weighted by atomic mass is 10.3.